The van der Waals surface area contributed by atoms with Crippen LogP contribution in [0.2, 0.25) is 0 Å². The summed E-state index contributed by atoms with van der Waals surface area (Å²) in [6.07, 6.45) is 0. The summed E-state index contributed by atoms with van der Waals surface area (Å²) in [6, 6.07) is 46.0. The normalized spacial score (nSPS) is 12.9. The third-order valence-corrected chi connectivity index (χ3v) is 15.6. The van der Waals surface area contributed by atoms with Gasteiger partial charge in [-0.1, -0.05) is 152 Å². The van der Waals surface area contributed by atoms with Gasteiger partial charge >= 0.3 is 0 Å². The number of benzene rings is 10. The van der Waals surface area contributed by atoms with Crippen molar-refractivity contribution in [3.05, 3.63) is 188 Å². The molecular weight excluding hydrogens is 822 g/mol. The highest BCUT2D eigenvalue weighted by molar-refractivity contribution is 6.99. The highest BCUT2D eigenvalue weighted by Crippen LogP contribution is 2.51. The number of para-hydroxylation sites is 2. The fourth-order valence-electron chi connectivity index (χ4n) is 13.6. The average Bonchev–Trinajstić information content (AvgIpc) is 3.27. The molecule has 0 atom stereocenters. The van der Waals surface area contributed by atoms with Gasteiger partial charge < -0.3 is 9.47 Å². The van der Waals surface area contributed by atoms with Gasteiger partial charge in [-0.05, 0) is 184 Å². The lowest BCUT2D eigenvalue weighted by atomic mass is 9.33. The molecule has 0 aromatic heterocycles. The van der Waals surface area contributed by atoms with E-state index in [1.807, 2.05) is 0 Å². The van der Waals surface area contributed by atoms with E-state index in [4.69, 9.17) is 9.47 Å². The second-order valence-corrected chi connectivity index (χ2v) is 20.6. The zero-order valence-electron chi connectivity index (χ0n) is 41.5. The number of hydrogen-bond acceptors (Lipinski definition) is 2. The van der Waals surface area contributed by atoms with Gasteiger partial charge in [0.25, 0.3) is 13.4 Å². The zero-order valence-corrected chi connectivity index (χ0v) is 41.5. The summed E-state index contributed by atoms with van der Waals surface area (Å²) in [5.74, 6) is 3.72. The molecule has 2 heterocycles. The van der Waals surface area contributed by atoms with Crippen molar-refractivity contribution in [2.24, 2.45) is 0 Å². The van der Waals surface area contributed by atoms with Crippen LogP contribution in [0.15, 0.2) is 121 Å². The van der Waals surface area contributed by atoms with Crippen LogP contribution in [0.3, 0.4) is 0 Å². The Morgan fingerprint density at radius 1 is 0.294 bits per heavy atom. The van der Waals surface area contributed by atoms with Crippen LogP contribution in [-0.4, -0.2) is 13.4 Å². The Morgan fingerprint density at radius 3 is 0.926 bits per heavy atom. The molecule has 0 N–H and O–H groups in total. The smallest absolute Gasteiger partial charge is 0.252 e. The van der Waals surface area contributed by atoms with Gasteiger partial charge in [-0.2, -0.15) is 0 Å². The first kappa shape index (κ1) is 42.3. The third kappa shape index (κ3) is 6.05. The van der Waals surface area contributed by atoms with Crippen molar-refractivity contribution in [2.75, 3.05) is 0 Å². The Balaban J connectivity index is 1.32. The molecule has 330 valence electrons. The molecule has 68 heavy (non-hydrogen) atoms. The molecule has 0 amide bonds. The Morgan fingerprint density at radius 2 is 0.588 bits per heavy atom. The van der Waals surface area contributed by atoms with Crippen molar-refractivity contribution in [2.45, 2.75) is 83.1 Å². The maximum absolute atomic E-state index is 7.46. The molecule has 0 spiro atoms. The minimum absolute atomic E-state index is 0.0599. The molecule has 4 heteroatoms. The van der Waals surface area contributed by atoms with Gasteiger partial charge in [-0.3, -0.25) is 0 Å². The maximum Gasteiger partial charge on any atom is 0.252 e. The van der Waals surface area contributed by atoms with Crippen molar-refractivity contribution < 1.29 is 9.47 Å². The maximum atomic E-state index is 7.46. The standard InChI is InChI=1S/C64H56B2O2/c1-33-25-37(5)53(38(6)26-33)57-45-21-23-48-56-46(22-24-47(55(45)56)63-61(57)65(49-17-13-15-19-51(49)67-63)59-41(9)29-35(3)30-42(59)10)58(54-39(7)27-34(2)28-40(54)8)62-64(48)68-52-20-16-14-18-50(52)66(62)60-43(11)31-36(4)32-44(60)12/h13-32H,1-12H3. The number of ether oxygens (including phenoxy) is 2. The summed E-state index contributed by atoms with van der Waals surface area (Å²) < 4.78 is 14.9. The van der Waals surface area contributed by atoms with Crippen molar-refractivity contribution in [3.8, 4) is 45.3 Å². The van der Waals surface area contributed by atoms with Gasteiger partial charge in [-0.15, -0.1) is 0 Å². The zero-order chi connectivity index (χ0) is 47.2. The number of aryl methyl sites for hydroxylation is 12. The SMILES string of the molecule is Cc1cc(C)c(B2c3ccccc3Oc3c2c(-c2c(C)cc(C)cc2C)c2ccc4c5c(c(-c6c(C)cc(C)cc6C)c6ccc3c2c46)B(c2c(C)cc(C)cc2C)c2ccccc2O5)c(C)c1. The summed E-state index contributed by atoms with van der Waals surface area (Å²) in [5, 5.41) is 7.17. The van der Waals surface area contributed by atoms with E-state index in [-0.39, 0.29) is 13.4 Å². The molecule has 2 nitrogen and oxygen atoms in total. The van der Waals surface area contributed by atoms with Crippen LogP contribution in [0.1, 0.15) is 66.8 Å². The number of hydrogen-bond donors (Lipinski definition) is 0. The fourth-order valence-corrected chi connectivity index (χ4v) is 13.6. The molecule has 10 aromatic carbocycles. The van der Waals surface area contributed by atoms with E-state index in [9.17, 15) is 0 Å². The number of fused-ring (bicyclic) bond motifs is 6. The molecule has 10 aromatic rings. The Kier molecular flexibility index (Phi) is 9.49. The molecule has 2 aliphatic rings. The van der Waals surface area contributed by atoms with Crippen molar-refractivity contribution in [1.29, 1.82) is 0 Å². The molecule has 0 unspecified atom stereocenters. The third-order valence-electron chi connectivity index (χ3n) is 15.6. The molecule has 0 radical (unpaired) electrons. The van der Waals surface area contributed by atoms with Crippen molar-refractivity contribution in [1.82, 2.24) is 0 Å². The van der Waals surface area contributed by atoms with E-state index in [1.165, 1.54) is 143 Å². The van der Waals surface area contributed by atoms with Crippen LogP contribution in [0.4, 0.5) is 0 Å². The van der Waals surface area contributed by atoms with Gasteiger partial charge in [0.05, 0.1) is 0 Å². The summed E-state index contributed by atoms with van der Waals surface area (Å²) in [4.78, 5) is 0. The average molecular weight is 879 g/mol. The van der Waals surface area contributed by atoms with Gasteiger partial charge in [0.2, 0.25) is 0 Å². The Labute approximate surface area is 402 Å². The van der Waals surface area contributed by atoms with Crippen LogP contribution in [0.25, 0.3) is 54.6 Å². The highest BCUT2D eigenvalue weighted by Gasteiger charge is 2.42. The van der Waals surface area contributed by atoms with E-state index in [2.05, 4.69) is 204 Å². The van der Waals surface area contributed by atoms with Crippen LogP contribution >= 0.6 is 0 Å². The topological polar surface area (TPSA) is 18.5 Å². The van der Waals surface area contributed by atoms with Gasteiger partial charge in [0.15, 0.2) is 0 Å². The quantitative estimate of drug-likeness (QED) is 0.130. The molecule has 0 bridgehead atoms. The molecule has 2 aliphatic heterocycles. The molecule has 0 fully saturated rings. The van der Waals surface area contributed by atoms with Gasteiger partial charge in [-0.25, -0.2) is 0 Å². The van der Waals surface area contributed by atoms with Crippen LogP contribution < -0.4 is 42.3 Å². The predicted molar refractivity (Wildman–Crippen MR) is 293 cm³/mol. The first-order chi connectivity index (χ1) is 32.7. The monoisotopic (exact) mass is 878 g/mol. The van der Waals surface area contributed by atoms with Gasteiger partial charge in [0.1, 0.15) is 23.0 Å². The van der Waals surface area contributed by atoms with Crippen LogP contribution in [0.5, 0.6) is 23.0 Å². The molecule has 0 aliphatic carbocycles. The van der Waals surface area contributed by atoms with Crippen molar-refractivity contribution >= 4 is 78.5 Å². The second-order valence-electron chi connectivity index (χ2n) is 20.6. The van der Waals surface area contributed by atoms with E-state index >= 15 is 0 Å². The van der Waals surface area contributed by atoms with Crippen molar-refractivity contribution in [3.63, 3.8) is 0 Å². The van der Waals surface area contributed by atoms with E-state index in [0.717, 1.165) is 33.8 Å². The Hall–Kier alpha value is -7.03. The largest absolute Gasteiger partial charge is 0.458 e. The molecule has 0 saturated heterocycles. The minimum Gasteiger partial charge on any atom is -0.458 e. The number of rotatable bonds is 4. The lowest BCUT2D eigenvalue weighted by Crippen LogP contribution is -2.57. The Bertz CT molecular complexity index is 3490. The van der Waals surface area contributed by atoms with Crippen LogP contribution in [0, 0.1) is 83.1 Å². The van der Waals surface area contributed by atoms with Gasteiger partial charge in [0, 0.05) is 21.5 Å². The first-order valence-electron chi connectivity index (χ1n) is 24.4. The lowest BCUT2D eigenvalue weighted by Gasteiger charge is -2.35. The summed E-state index contributed by atoms with van der Waals surface area (Å²) in [7, 11) is 0. The molecular formula is C64H56B2O2. The minimum atomic E-state index is -0.0599. The fraction of sp³-hybridized carbons (Fsp3) is 0.188. The second kappa shape index (κ2) is 15.2. The van der Waals surface area contributed by atoms with Crippen LogP contribution in [-0.2, 0) is 0 Å². The van der Waals surface area contributed by atoms with E-state index in [0.29, 0.717) is 0 Å². The highest BCUT2D eigenvalue weighted by atomic mass is 16.5. The predicted octanol–water partition coefficient (Wildman–Crippen LogP) is 12.9. The van der Waals surface area contributed by atoms with E-state index in [1.54, 1.807) is 0 Å². The summed E-state index contributed by atoms with van der Waals surface area (Å²) in [6.45, 7) is 27.1. The molecule has 12 rings (SSSR count). The summed E-state index contributed by atoms with van der Waals surface area (Å²) in [5.41, 5.74) is 28.0. The molecule has 0 saturated carbocycles. The first-order valence-corrected chi connectivity index (χ1v) is 24.4. The summed E-state index contributed by atoms with van der Waals surface area (Å²) >= 11 is 0. The van der Waals surface area contributed by atoms with E-state index < -0.39 is 0 Å². The lowest BCUT2D eigenvalue weighted by molar-refractivity contribution is 0.493.